The van der Waals surface area contributed by atoms with Crippen LogP contribution in [0.15, 0.2) is 66.7 Å². The number of carbonyl (C=O) groups is 5. The molecule has 1 unspecified atom stereocenters. The Balaban J connectivity index is 1.93. The van der Waals surface area contributed by atoms with E-state index in [0.717, 1.165) is 26.0 Å². The van der Waals surface area contributed by atoms with Gasteiger partial charge in [-0.2, -0.15) is 0 Å². The number of primary amides is 2. The van der Waals surface area contributed by atoms with Gasteiger partial charge in [0.1, 0.15) is 5.75 Å². The number of rotatable bonds is 9. The molecule has 196 valence electrons. The second kappa shape index (κ2) is 12.0. The first-order valence-corrected chi connectivity index (χ1v) is 11.1. The van der Waals surface area contributed by atoms with Gasteiger partial charge in [0.15, 0.2) is 11.5 Å². The van der Waals surface area contributed by atoms with Gasteiger partial charge in [-0.05, 0) is 36.4 Å². The van der Waals surface area contributed by atoms with Crippen LogP contribution in [0.5, 0.6) is 17.2 Å². The normalized spacial score (nSPS) is 11.0. The molecule has 12 nitrogen and oxygen atoms in total. The number of esters is 2. The first-order chi connectivity index (χ1) is 18.0. The first-order valence-electron chi connectivity index (χ1n) is 11.1. The highest BCUT2D eigenvalue weighted by molar-refractivity contribution is 6.00. The van der Waals surface area contributed by atoms with Gasteiger partial charge >= 0.3 is 18.0 Å². The Kier molecular flexibility index (Phi) is 8.61. The molecular formula is C26H24N4O8. The van der Waals surface area contributed by atoms with Crippen LogP contribution in [0.1, 0.15) is 35.9 Å². The minimum Gasteiger partial charge on any atom is -0.476 e. The fraction of sp³-hybridized carbons (Fsp3) is 0.115. The fourth-order valence-corrected chi connectivity index (χ4v) is 3.35. The summed E-state index contributed by atoms with van der Waals surface area (Å²) in [6, 6.07) is 16.4. The number of ether oxygens (including phenoxy) is 3. The highest BCUT2D eigenvalue weighted by atomic mass is 16.6. The Bertz CT molecular complexity index is 1390. The molecule has 12 heteroatoms. The Morgan fingerprint density at radius 3 is 1.89 bits per heavy atom. The van der Waals surface area contributed by atoms with Crippen LogP contribution >= 0.6 is 0 Å². The zero-order valence-electron chi connectivity index (χ0n) is 20.3. The maximum Gasteiger partial charge on any atom is 0.323 e. The van der Waals surface area contributed by atoms with Gasteiger partial charge in [-0.1, -0.05) is 24.3 Å². The first kappa shape index (κ1) is 27.2. The second-order valence-electron chi connectivity index (χ2n) is 7.81. The third-order valence-electron chi connectivity index (χ3n) is 4.81. The Hall–Kier alpha value is -5.39. The topological polar surface area (TPSA) is 189 Å². The molecule has 0 aliphatic carbocycles. The summed E-state index contributed by atoms with van der Waals surface area (Å²) in [5, 5.41) is 5.29. The predicted octanol–water partition coefficient (Wildman–Crippen LogP) is 2.89. The standard InChI is InChI=1S/C26H24N4O8/c1-14(31)36-21-12-19(20(24(27)33)13-22(21)37-15(2)32)23(25(28)34)38-18-10-6-9-17(11-18)30-26(35)29-16-7-4-3-5-8-16/h3-13,23H,1-2H3,(H2,27,33)(H2,28,34)(H2,29,30,35). The molecule has 38 heavy (non-hydrogen) atoms. The highest BCUT2D eigenvalue weighted by Gasteiger charge is 2.28. The number of urea groups is 1. The molecule has 0 radical (unpaired) electrons. The number of amides is 4. The molecule has 0 heterocycles. The average Bonchev–Trinajstić information content (AvgIpc) is 2.83. The largest absolute Gasteiger partial charge is 0.476 e. The Morgan fingerprint density at radius 2 is 1.32 bits per heavy atom. The SMILES string of the molecule is CC(=O)Oc1cc(C(N)=O)c(C(Oc2cccc(NC(=O)Nc3ccccc3)c2)C(N)=O)cc1OC(C)=O. The molecule has 0 saturated heterocycles. The number of benzene rings is 3. The van der Waals surface area contributed by atoms with E-state index in [4.69, 9.17) is 25.7 Å². The van der Waals surface area contributed by atoms with Crippen molar-refractivity contribution in [2.24, 2.45) is 11.5 Å². The fourth-order valence-electron chi connectivity index (χ4n) is 3.35. The van der Waals surface area contributed by atoms with Gasteiger partial charge in [0.05, 0.1) is 5.56 Å². The van der Waals surface area contributed by atoms with E-state index < -0.39 is 35.9 Å². The van der Waals surface area contributed by atoms with Gasteiger partial charge in [-0.25, -0.2) is 4.79 Å². The maximum atomic E-state index is 12.4. The van der Waals surface area contributed by atoms with Crippen LogP contribution in [-0.4, -0.2) is 29.8 Å². The van der Waals surface area contributed by atoms with Gasteiger partial charge in [0.2, 0.25) is 12.0 Å². The van der Waals surface area contributed by atoms with Crippen molar-refractivity contribution in [2.45, 2.75) is 20.0 Å². The van der Waals surface area contributed by atoms with E-state index in [9.17, 15) is 24.0 Å². The van der Waals surface area contributed by atoms with Crippen LogP contribution in [0.4, 0.5) is 16.2 Å². The third kappa shape index (κ3) is 7.31. The molecule has 3 aromatic rings. The lowest BCUT2D eigenvalue weighted by molar-refractivity contribution is -0.134. The zero-order chi connectivity index (χ0) is 27.8. The molecule has 6 N–H and O–H groups in total. The molecule has 0 bridgehead atoms. The summed E-state index contributed by atoms with van der Waals surface area (Å²) in [5.41, 5.74) is 11.5. The zero-order valence-corrected chi connectivity index (χ0v) is 20.3. The molecule has 0 aliphatic rings. The van der Waals surface area contributed by atoms with Gasteiger partial charge in [0, 0.05) is 36.9 Å². The molecule has 0 aromatic heterocycles. The van der Waals surface area contributed by atoms with Crippen LogP contribution in [0.2, 0.25) is 0 Å². The van der Waals surface area contributed by atoms with Crippen LogP contribution in [0.3, 0.4) is 0 Å². The molecule has 3 rings (SSSR count). The van der Waals surface area contributed by atoms with Crippen molar-refractivity contribution in [3.8, 4) is 17.2 Å². The number of hydrogen-bond acceptors (Lipinski definition) is 8. The quantitative estimate of drug-likeness (QED) is 0.245. The summed E-state index contributed by atoms with van der Waals surface area (Å²) in [6.07, 6.45) is -1.59. The summed E-state index contributed by atoms with van der Waals surface area (Å²) in [6.45, 7) is 2.21. The summed E-state index contributed by atoms with van der Waals surface area (Å²) < 4.78 is 15.9. The van der Waals surface area contributed by atoms with E-state index >= 15 is 0 Å². The highest BCUT2D eigenvalue weighted by Crippen LogP contribution is 2.36. The molecule has 0 aliphatic heterocycles. The number of para-hydroxylation sites is 1. The predicted molar refractivity (Wildman–Crippen MR) is 136 cm³/mol. The van der Waals surface area contributed by atoms with Crippen molar-refractivity contribution in [1.29, 1.82) is 0 Å². The number of anilines is 2. The molecule has 3 aromatic carbocycles. The third-order valence-corrected chi connectivity index (χ3v) is 4.81. The summed E-state index contributed by atoms with van der Waals surface area (Å²) in [7, 11) is 0. The molecular weight excluding hydrogens is 496 g/mol. The lowest BCUT2D eigenvalue weighted by Gasteiger charge is -2.21. The van der Waals surface area contributed by atoms with Crippen molar-refractivity contribution >= 4 is 41.2 Å². The lowest BCUT2D eigenvalue weighted by Crippen LogP contribution is -2.29. The van der Waals surface area contributed by atoms with Crippen molar-refractivity contribution < 1.29 is 38.2 Å². The smallest absolute Gasteiger partial charge is 0.323 e. The van der Waals surface area contributed by atoms with E-state index in [1.165, 1.54) is 12.1 Å². The molecule has 0 saturated carbocycles. The average molecular weight is 520 g/mol. The van der Waals surface area contributed by atoms with E-state index in [0.29, 0.717) is 11.4 Å². The molecule has 4 amide bonds. The van der Waals surface area contributed by atoms with Gasteiger partial charge in [0.25, 0.3) is 5.91 Å². The van der Waals surface area contributed by atoms with Crippen LogP contribution in [0.25, 0.3) is 0 Å². The second-order valence-corrected chi connectivity index (χ2v) is 7.81. The van der Waals surface area contributed by atoms with Gasteiger partial charge < -0.3 is 36.3 Å². The summed E-state index contributed by atoms with van der Waals surface area (Å²) in [4.78, 5) is 60.1. The summed E-state index contributed by atoms with van der Waals surface area (Å²) in [5.74, 6) is -3.98. The van der Waals surface area contributed by atoms with Crippen molar-refractivity contribution in [3.63, 3.8) is 0 Å². The van der Waals surface area contributed by atoms with Gasteiger partial charge in [-0.15, -0.1) is 0 Å². The van der Waals surface area contributed by atoms with E-state index in [1.807, 2.05) is 6.07 Å². The van der Waals surface area contributed by atoms with E-state index in [-0.39, 0.29) is 28.4 Å². The van der Waals surface area contributed by atoms with Crippen molar-refractivity contribution in [1.82, 2.24) is 0 Å². The van der Waals surface area contributed by atoms with E-state index in [1.54, 1.807) is 36.4 Å². The maximum absolute atomic E-state index is 12.4. The lowest BCUT2D eigenvalue weighted by atomic mass is 9.99. The monoisotopic (exact) mass is 520 g/mol. The number of carbonyl (C=O) groups excluding carboxylic acids is 5. The summed E-state index contributed by atoms with van der Waals surface area (Å²) >= 11 is 0. The van der Waals surface area contributed by atoms with Crippen molar-refractivity contribution in [2.75, 3.05) is 10.6 Å². The van der Waals surface area contributed by atoms with Crippen LogP contribution in [-0.2, 0) is 14.4 Å². The number of hydrogen-bond donors (Lipinski definition) is 4. The minimum absolute atomic E-state index is 0.0971. The molecule has 1 atom stereocenters. The minimum atomic E-state index is -1.59. The van der Waals surface area contributed by atoms with Crippen molar-refractivity contribution in [3.05, 3.63) is 77.9 Å². The Morgan fingerprint density at radius 1 is 0.737 bits per heavy atom. The molecule has 0 spiro atoms. The molecule has 0 fully saturated rings. The Labute approximate surface area is 216 Å². The van der Waals surface area contributed by atoms with Crippen LogP contribution < -0.4 is 36.3 Å². The van der Waals surface area contributed by atoms with E-state index in [2.05, 4.69) is 10.6 Å². The number of nitrogens with one attached hydrogen (secondary N) is 2. The number of nitrogens with two attached hydrogens (primary N) is 2. The van der Waals surface area contributed by atoms with Crippen LogP contribution in [0, 0.1) is 0 Å². The van der Waals surface area contributed by atoms with Gasteiger partial charge in [-0.3, -0.25) is 19.2 Å².